The van der Waals surface area contributed by atoms with Crippen molar-refractivity contribution in [2.75, 3.05) is 37.4 Å². The van der Waals surface area contributed by atoms with E-state index in [1.54, 1.807) is 4.90 Å². The molecule has 0 aromatic carbocycles. The summed E-state index contributed by atoms with van der Waals surface area (Å²) < 4.78 is 5.34. The number of hydrogen-bond donors (Lipinski definition) is 2. The minimum absolute atomic E-state index is 0.0460. The topological polar surface area (TPSA) is 80.5 Å². The van der Waals surface area contributed by atoms with Gasteiger partial charge in [0.05, 0.1) is 19.3 Å². The fourth-order valence-electron chi connectivity index (χ4n) is 1.95. The molecule has 0 bridgehead atoms. The number of anilines is 2. The number of carbonyl (C=O) groups excluding carboxylic acids is 1. The van der Waals surface area contributed by atoms with Crippen LogP contribution in [0.15, 0.2) is 0 Å². The van der Waals surface area contributed by atoms with Crippen LogP contribution in [0.4, 0.5) is 10.9 Å². The van der Waals surface area contributed by atoms with Gasteiger partial charge in [0.15, 0.2) is 5.13 Å². The highest BCUT2D eigenvalue weighted by atomic mass is 32.1. The van der Waals surface area contributed by atoms with Gasteiger partial charge in [-0.2, -0.15) is 0 Å². The number of amides is 1. The summed E-state index contributed by atoms with van der Waals surface area (Å²) in [5.74, 6) is 0.266. The zero-order valence-corrected chi connectivity index (χ0v) is 12.1. The first kappa shape index (κ1) is 14.1. The number of rotatable bonds is 4. The van der Waals surface area contributed by atoms with E-state index >= 15 is 0 Å². The third-order valence-electron chi connectivity index (χ3n) is 3.00. The molecule has 1 atom stereocenters. The van der Waals surface area contributed by atoms with Crippen LogP contribution in [0.2, 0.25) is 0 Å². The van der Waals surface area contributed by atoms with Gasteiger partial charge >= 0.3 is 0 Å². The van der Waals surface area contributed by atoms with Crippen molar-refractivity contribution in [2.45, 2.75) is 26.3 Å². The van der Waals surface area contributed by atoms with Crippen molar-refractivity contribution in [1.29, 1.82) is 0 Å². The summed E-state index contributed by atoms with van der Waals surface area (Å²) >= 11 is 1.32. The maximum atomic E-state index is 12.5. The van der Waals surface area contributed by atoms with Crippen LogP contribution in [-0.2, 0) is 4.74 Å². The van der Waals surface area contributed by atoms with Gasteiger partial charge in [-0.25, -0.2) is 4.98 Å². The lowest BCUT2D eigenvalue weighted by molar-refractivity contribution is 0.00391. The van der Waals surface area contributed by atoms with Crippen LogP contribution in [0, 0.1) is 0 Å². The van der Waals surface area contributed by atoms with E-state index < -0.39 is 0 Å². The van der Waals surface area contributed by atoms with Crippen LogP contribution in [0.5, 0.6) is 0 Å². The Labute approximate surface area is 116 Å². The highest BCUT2D eigenvalue weighted by Crippen LogP contribution is 2.27. The summed E-state index contributed by atoms with van der Waals surface area (Å²) in [6, 6.07) is 0.0785. The van der Waals surface area contributed by atoms with E-state index in [1.165, 1.54) is 11.3 Å². The van der Waals surface area contributed by atoms with E-state index in [4.69, 9.17) is 10.5 Å². The number of thiazole rings is 1. The number of carbonyl (C=O) groups is 1. The molecule has 1 unspecified atom stereocenters. The summed E-state index contributed by atoms with van der Waals surface area (Å²) in [6.45, 7) is 6.64. The van der Waals surface area contributed by atoms with E-state index in [0.29, 0.717) is 35.6 Å². The van der Waals surface area contributed by atoms with E-state index in [9.17, 15) is 4.79 Å². The minimum Gasteiger partial charge on any atom is -0.382 e. The van der Waals surface area contributed by atoms with Gasteiger partial charge < -0.3 is 20.7 Å². The molecule has 19 heavy (non-hydrogen) atoms. The Kier molecular flexibility index (Phi) is 4.60. The Balaban J connectivity index is 2.11. The zero-order chi connectivity index (χ0) is 13.8. The average molecular weight is 284 g/mol. The Hall–Kier alpha value is -1.34. The van der Waals surface area contributed by atoms with Crippen molar-refractivity contribution in [1.82, 2.24) is 9.88 Å². The maximum absolute atomic E-state index is 12.5. The predicted octanol–water partition coefficient (Wildman–Crippen LogP) is 1.41. The quantitative estimate of drug-likeness (QED) is 0.873. The average Bonchev–Trinajstić information content (AvgIpc) is 2.77. The lowest BCUT2D eigenvalue weighted by atomic mass is 10.2. The molecule has 2 heterocycles. The molecule has 1 saturated heterocycles. The number of morpholine rings is 1. The molecule has 0 saturated carbocycles. The summed E-state index contributed by atoms with van der Waals surface area (Å²) in [4.78, 5) is 19.0. The van der Waals surface area contributed by atoms with Crippen molar-refractivity contribution in [3.8, 4) is 0 Å². The van der Waals surface area contributed by atoms with Crippen LogP contribution in [0.1, 0.15) is 29.9 Å². The number of nitrogens with one attached hydrogen (secondary N) is 1. The van der Waals surface area contributed by atoms with Gasteiger partial charge in [-0.1, -0.05) is 18.3 Å². The van der Waals surface area contributed by atoms with Crippen LogP contribution >= 0.6 is 11.3 Å². The third kappa shape index (κ3) is 3.16. The first-order chi connectivity index (χ1) is 9.13. The maximum Gasteiger partial charge on any atom is 0.268 e. The van der Waals surface area contributed by atoms with Crippen molar-refractivity contribution in [3.63, 3.8) is 0 Å². The molecule has 0 radical (unpaired) electrons. The third-order valence-corrected chi connectivity index (χ3v) is 4.02. The number of nitrogens with zero attached hydrogens (tertiary/aromatic N) is 2. The number of nitrogens with two attached hydrogens (primary N) is 1. The first-order valence-corrected chi connectivity index (χ1v) is 7.34. The summed E-state index contributed by atoms with van der Waals surface area (Å²) in [5, 5.41) is 3.87. The predicted molar refractivity (Wildman–Crippen MR) is 76.6 cm³/mol. The summed E-state index contributed by atoms with van der Waals surface area (Å²) in [7, 11) is 0. The molecule has 7 heteroatoms. The highest BCUT2D eigenvalue weighted by Gasteiger charge is 2.28. The summed E-state index contributed by atoms with van der Waals surface area (Å²) in [5.41, 5.74) is 5.85. The number of aromatic nitrogens is 1. The van der Waals surface area contributed by atoms with Gasteiger partial charge in [0, 0.05) is 13.1 Å². The lowest BCUT2D eigenvalue weighted by Gasteiger charge is -2.32. The van der Waals surface area contributed by atoms with Gasteiger partial charge in [-0.3, -0.25) is 4.79 Å². The van der Waals surface area contributed by atoms with Crippen LogP contribution in [-0.4, -0.2) is 48.1 Å². The summed E-state index contributed by atoms with van der Waals surface area (Å²) in [6.07, 6.45) is 1.00. The molecule has 0 spiro atoms. The van der Waals surface area contributed by atoms with Gasteiger partial charge in [-0.05, 0) is 13.3 Å². The van der Waals surface area contributed by atoms with Crippen LogP contribution in [0.25, 0.3) is 0 Å². The second-order valence-electron chi connectivity index (χ2n) is 4.58. The Morgan fingerprint density at radius 3 is 3.16 bits per heavy atom. The van der Waals surface area contributed by atoms with E-state index in [2.05, 4.69) is 17.2 Å². The minimum atomic E-state index is -0.0460. The monoisotopic (exact) mass is 284 g/mol. The standard InChI is InChI=1S/C12H20N4O2S/c1-3-4-14-12-15-10(13)9(19-12)11(17)16-5-6-18-7-8(16)2/h8H,3-7,13H2,1-2H3,(H,14,15). The molecule has 1 aliphatic rings. The van der Waals surface area contributed by atoms with Crippen LogP contribution < -0.4 is 11.1 Å². The number of nitrogen functional groups attached to an aromatic ring is 1. The molecule has 1 fully saturated rings. The molecular formula is C12H20N4O2S. The van der Waals surface area contributed by atoms with Crippen molar-refractivity contribution in [2.24, 2.45) is 0 Å². The number of ether oxygens (including phenoxy) is 1. The lowest BCUT2D eigenvalue weighted by Crippen LogP contribution is -2.47. The highest BCUT2D eigenvalue weighted by molar-refractivity contribution is 7.18. The molecule has 3 N–H and O–H groups in total. The van der Waals surface area contributed by atoms with Gasteiger partial charge in [0.25, 0.3) is 5.91 Å². The normalized spacial score (nSPS) is 19.5. The molecule has 106 valence electrons. The van der Waals surface area contributed by atoms with Gasteiger partial charge in [0.2, 0.25) is 0 Å². The molecule has 6 nitrogen and oxygen atoms in total. The fraction of sp³-hybridized carbons (Fsp3) is 0.667. The molecule has 1 aromatic rings. The molecule has 1 aromatic heterocycles. The number of hydrogen-bond acceptors (Lipinski definition) is 6. The van der Waals surface area contributed by atoms with Crippen LogP contribution in [0.3, 0.4) is 0 Å². The zero-order valence-electron chi connectivity index (χ0n) is 11.3. The van der Waals surface area contributed by atoms with Gasteiger partial charge in [0.1, 0.15) is 10.7 Å². The second kappa shape index (κ2) is 6.21. The fourth-order valence-corrected chi connectivity index (χ4v) is 2.82. The Bertz CT molecular complexity index is 449. The first-order valence-electron chi connectivity index (χ1n) is 6.52. The second-order valence-corrected chi connectivity index (χ2v) is 5.58. The molecule has 1 amide bonds. The van der Waals surface area contributed by atoms with Crippen molar-refractivity contribution >= 4 is 28.2 Å². The Morgan fingerprint density at radius 1 is 1.68 bits per heavy atom. The largest absolute Gasteiger partial charge is 0.382 e. The van der Waals surface area contributed by atoms with E-state index in [-0.39, 0.29) is 11.9 Å². The van der Waals surface area contributed by atoms with Crippen molar-refractivity contribution in [3.05, 3.63) is 4.88 Å². The Morgan fingerprint density at radius 2 is 2.47 bits per heavy atom. The van der Waals surface area contributed by atoms with Gasteiger partial charge in [-0.15, -0.1) is 0 Å². The smallest absolute Gasteiger partial charge is 0.268 e. The molecule has 1 aliphatic heterocycles. The molecular weight excluding hydrogens is 264 g/mol. The van der Waals surface area contributed by atoms with E-state index in [1.807, 2.05) is 6.92 Å². The van der Waals surface area contributed by atoms with E-state index in [0.717, 1.165) is 13.0 Å². The molecule has 2 rings (SSSR count). The molecule has 0 aliphatic carbocycles. The SMILES string of the molecule is CCCNc1nc(N)c(C(=O)N2CCOCC2C)s1. The van der Waals surface area contributed by atoms with Crippen molar-refractivity contribution < 1.29 is 9.53 Å².